The van der Waals surface area contributed by atoms with E-state index in [0.717, 1.165) is 43.5 Å². The van der Waals surface area contributed by atoms with Crippen LogP contribution >= 0.6 is 0 Å². The highest BCUT2D eigenvalue weighted by Crippen LogP contribution is 2.39. The number of piperidine rings is 2. The molecule has 6 heteroatoms. The number of carbonyl (C=O) groups excluding carboxylic acids is 2. The summed E-state index contributed by atoms with van der Waals surface area (Å²) in [6.07, 6.45) is 5.73. The van der Waals surface area contributed by atoms with Crippen molar-refractivity contribution in [1.29, 1.82) is 0 Å². The zero-order valence-corrected chi connectivity index (χ0v) is 17.6. The van der Waals surface area contributed by atoms with Crippen molar-refractivity contribution in [3.05, 3.63) is 65.2 Å². The van der Waals surface area contributed by atoms with Crippen molar-refractivity contribution in [3.63, 3.8) is 0 Å². The van der Waals surface area contributed by atoms with Gasteiger partial charge in [0.2, 0.25) is 5.91 Å². The molecule has 2 saturated heterocycles. The second kappa shape index (κ2) is 8.17. The first-order valence-corrected chi connectivity index (χ1v) is 10.7. The molecule has 3 heterocycles. The molecule has 2 aromatic rings. The molecule has 0 unspecified atom stereocenters. The molecule has 2 atom stereocenters. The van der Waals surface area contributed by atoms with Crippen molar-refractivity contribution >= 4 is 11.8 Å². The minimum atomic E-state index is -0.356. The van der Waals surface area contributed by atoms with Crippen LogP contribution in [-0.2, 0) is 11.2 Å². The van der Waals surface area contributed by atoms with Crippen molar-refractivity contribution in [2.75, 3.05) is 13.1 Å². The molecule has 0 spiro atoms. The Labute approximate surface area is 176 Å². The van der Waals surface area contributed by atoms with Crippen molar-refractivity contribution in [2.24, 2.45) is 0 Å². The van der Waals surface area contributed by atoms with Crippen LogP contribution in [0.25, 0.3) is 0 Å². The maximum Gasteiger partial charge on any atom is 0.254 e. The van der Waals surface area contributed by atoms with Gasteiger partial charge in [0.25, 0.3) is 5.91 Å². The highest BCUT2D eigenvalue weighted by atomic mass is 19.1. The molecular formula is C24H28FN3O2. The van der Waals surface area contributed by atoms with Crippen LogP contribution in [0.2, 0.25) is 0 Å². The lowest BCUT2D eigenvalue weighted by Gasteiger charge is -2.56. The zero-order chi connectivity index (χ0) is 21.3. The summed E-state index contributed by atoms with van der Waals surface area (Å²) in [5.41, 5.74) is 1.80. The first-order chi connectivity index (χ1) is 14.4. The standard InChI is InChI=1S/C24H28FN3O2/c1-17(29)27-12-5-10-24(2)22(27)8-4-13-28(24)23(30)19-9-11-26-21(16-19)15-18-6-3-7-20(25)14-18/h3,6-7,9,11,14,16,22H,4-5,8,10,12-13,15H2,1-2H3/t22-,24+/m1/s1. The van der Waals surface area contributed by atoms with Crippen LogP contribution < -0.4 is 0 Å². The third-order valence-electron chi connectivity index (χ3n) is 6.64. The normalized spacial score (nSPS) is 23.8. The van der Waals surface area contributed by atoms with Gasteiger partial charge in [-0.15, -0.1) is 0 Å². The second-order valence-electron chi connectivity index (χ2n) is 8.63. The van der Waals surface area contributed by atoms with E-state index in [1.54, 1.807) is 25.3 Å². The van der Waals surface area contributed by atoms with E-state index in [2.05, 4.69) is 11.9 Å². The minimum absolute atomic E-state index is 0.0181. The van der Waals surface area contributed by atoms with Gasteiger partial charge < -0.3 is 9.80 Å². The lowest BCUT2D eigenvalue weighted by molar-refractivity contribution is -0.140. The van der Waals surface area contributed by atoms with Gasteiger partial charge in [-0.1, -0.05) is 12.1 Å². The number of aromatic nitrogens is 1. The summed E-state index contributed by atoms with van der Waals surface area (Å²) in [4.78, 5) is 34.0. The first-order valence-electron chi connectivity index (χ1n) is 10.7. The Bertz CT molecular complexity index is 963. The van der Waals surface area contributed by atoms with Crippen LogP contribution in [-0.4, -0.2) is 51.3 Å². The Morgan fingerprint density at radius 3 is 2.80 bits per heavy atom. The lowest BCUT2D eigenvalue weighted by atomic mass is 9.75. The van der Waals surface area contributed by atoms with Crippen LogP contribution in [0.1, 0.15) is 61.1 Å². The molecule has 2 fully saturated rings. The molecule has 2 aliphatic rings. The first kappa shape index (κ1) is 20.5. The number of benzene rings is 1. The Morgan fingerprint density at radius 2 is 2.03 bits per heavy atom. The zero-order valence-electron chi connectivity index (χ0n) is 17.6. The summed E-state index contributed by atoms with van der Waals surface area (Å²) in [5, 5.41) is 0. The van der Waals surface area contributed by atoms with Gasteiger partial charge in [0.15, 0.2) is 0 Å². The van der Waals surface area contributed by atoms with Gasteiger partial charge in [0, 0.05) is 43.9 Å². The van der Waals surface area contributed by atoms with E-state index in [9.17, 15) is 14.0 Å². The van der Waals surface area contributed by atoms with Gasteiger partial charge in [-0.05, 0) is 62.4 Å². The Kier molecular flexibility index (Phi) is 5.58. The number of halogens is 1. The Hall–Kier alpha value is -2.76. The van der Waals surface area contributed by atoms with Crippen molar-refractivity contribution in [2.45, 2.75) is 57.5 Å². The average molecular weight is 410 g/mol. The van der Waals surface area contributed by atoms with Gasteiger partial charge in [-0.3, -0.25) is 14.6 Å². The average Bonchev–Trinajstić information content (AvgIpc) is 2.72. The topological polar surface area (TPSA) is 53.5 Å². The fourth-order valence-electron chi connectivity index (χ4n) is 5.18. The Morgan fingerprint density at radius 1 is 1.20 bits per heavy atom. The lowest BCUT2D eigenvalue weighted by Crippen LogP contribution is -2.68. The number of amides is 2. The quantitative estimate of drug-likeness (QED) is 0.775. The van der Waals surface area contributed by atoms with Crippen molar-refractivity contribution < 1.29 is 14.0 Å². The van der Waals surface area contributed by atoms with E-state index in [0.29, 0.717) is 18.5 Å². The van der Waals surface area contributed by atoms with E-state index in [1.165, 1.54) is 12.1 Å². The van der Waals surface area contributed by atoms with Crippen LogP contribution in [0.15, 0.2) is 42.6 Å². The molecule has 2 aliphatic heterocycles. The molecule has 4 rings (SSSR count). The second-order valence-corrected chi connectivity index (χ2v) is 8.63. The van der Waals surface area contributed by atoms with Gasteiger partial charge in [-0.25, -0.2) is 4.39 Å². The molecule has 5 nitrogen and oxygen atoms in total. The molecule has 1 aromatic heterocycles. The van der Waals surface area contributed by atoms with E-state index in [-0.39, 0.29) is 29.2 Å². The fraction of sp³-hybridized carbons (Fsp3) is 0.458. The number of fused-ring (bicyclic) bond motifs is 1. The number of nitrogens with zero attached hydrogens (tertiary/aromatic N) is 3. The molecule has 2 amide bonds. The van der Waals surface area contributed by atoms with Gasteiger partial charge in [-0.2, -0.15) is 0 Å². The largest absolute Gasteiger partial charge is 0.338 e. The number of pyridine rings is 1. The highest BCUT2D eigenvalue weighted by Gasteiger charge is 2.49. The van der Waals surface area contributed by atoms with E-state index < -0.39 is 0 Å². The summed E-state index contributed by atoms with van der Waals surface area (Å²) >= 11 is 0. The number of hydrogen-bond acceptors (Lipinski definition) is 3. The predicted octanol–water partition coefficient (Wildman–Crippen LogP) is 3.82. The maximum atomic E-state index is 13.5. The molecule has 0 bridgehead atoms. The smallest absolute Gasteiger partial charge is 0.254 e. The number of rotatable bonds is 3. The number of likely N-dealkylation sites (tertiary alicyclic amines) is 2. The summed E-state index contributed by atoms with van der Waals surface area (Å²) in [6, 6.07) is 10.1. The fourth-order valence-corrected chi connectivity index (χ4v) is 5.18. The van der Waals surface area contributed by atoms with Crippen LogP contribution in [0, 0.1) is 5.82 Å². The van der Waals surface area contributed by atoms with Gasteiger partial charge in [0.05, 0.1) is 11.6 Å². The van der Waals surface area contributed by atoms with Crippen molar-refractivity contribution in [1.82, 2.24) is 14.8 Å². The molecule has 0 saturated carbocycles. The number of carbonyl (C=O) groups is 2. The molecule has 0 aliphatic carbocycles. The monoisotopic (exact) mass is 409 g/mol. The SMILES string of the molecule is CC(=O)N1CCC[C@@]2(C)[C@H]1CCCN2C(=O)c1ccnc(Cc2cccc(F)c2)c1. The molecule has 0 radical (unpaired) electrons. The van der Waals surface area contributed by atoms with Crippen LogP contribution in [0.4, 0.5) is 4.39 Å². The summed E-state index contributed by atoms with van der Waals surface area (Å²) in [5.74, 6) is -0.212. The minimum Gasteiger partial charge on any atom is -0.338 e. The third kappa shape index (κ3) is 3.83. The highest BCUT2D eigenvalue weighted by molar-refractivity contribution is 5.95. The maximum absolute atomic E-state index is 13.5. The molecule has 1 aromatic carbocycles. The molecule has 158 valence electrons. The molecule has 30 heavy (non-hydrogen) atoms. The summed E-state index contributed by atoms with van der Waals surface area (Å²) in [6.45, 7) is 5.20. The van der Waals surface area contributed by atoms with E-state index in [1.807, 2.05) is 21.9 Å². The van der Waals surface area contributed by atoms with Crippen LogP contribution in [0.5, 0.6) is 0 Å². The number of hydrogen-bond donors (Lipinski definition) is 0. The molecule has 0 N–H and O–H groups in total. The third-order valence-corrected chi connectivity index (χ3v) is 6.64. The van der Waals surface area contributed by atoms with Crippen molar-refractivity contribution in [3.8, 4) is 0 Å². The molecular weight excluding hydrogens is 381 g/mol. The van der Waals surface area contributed by atoms with Gasteiger partial charge >= 0.3 is 0 Å². The van der Waals surface area contributed by atoms with Gasteiger partial charge in [0.1, 0.15) is 5.82 Å². The predicted molar refractivity (Wildman–Crippen MR) is 113 cm³/mol. The Balaban J connectivity index is 1.58. The van der Waals surface area contributed by atoms with Crippen LogP contribution in [0.3, 0.4) is 0 Å². The van der Waals surface area contributed by atoms with E-state index >= 15 is 0 Å². The summed E-state index contributed by atoms with van der Waals surface area (Å²) in [7, 11) is 0. The summed E-state index contributed by atoms with van der Waals surface area (Å²) < 4.78 is 13.5. The van der Waals surface area contributed by atoms with E-state index in [4.69, 9.17) is 0 Å².